The number of hydrogen-bond acceptors (Lipinski definition) is 0. The molecule has 0 amide bonds. The minimum atomic E-state index is 1.16. The molecule has 0 aromatic rings. The van der Waals surface area contributed by atoms with Crippen molar-refractivity contribution in [2.24, 2.45) is 0 Å². The third-order valence-electron chi connectivity index (χ3n) is 0.236. The molecule has 0 rings (SSSR count). The van der Waals surface area contributed by atoms with Crippen molar-refractivity contribution in [2.75, 3.05) is 0 Å². The highest BCUT2D eigenvalue weighted by molar-refractivity contribution is 7.18. The van der Waals surface area contributed by atoms with E-state index in [0.29, 0.717) is 0 Å². The highest BCUT2D eigenvalue weighted by Gasteiger charge is 1.53. The fraction of sp³-hybridized carbons (Fsp3) is 0.667. The normalized spacial score (nSPS) is 6.25. The van der Waals surface area contributed by atoms with E-state index in [9.17, 15) is 0 Å². The molecule has 1 atom stereocenters. The molecular formula is C3H8P+. The van der Waals surface area contributed by atoms with Gasteiger partial charge in [0, 0.05) is 6.42 Å². The Morgan fingerprint density at radius 2 is 2.25 bits per heavy atom. The second-order valence-corrected chi connectivity index (χ2v) is 1.12. The van der Waals surface area contributed by atoms with Crippen molar-refractivity contribution in [3.8, 4) is 0 Å². The molecule has 1 heteroatoms. The Morgan fingerprint density at radius 3 is 2.25 bits per heavy atom. The molecule has 24 valence electrons. The summed E-state index contributed by atoms with van der Waals surface area (Å²) in [5, 5.41) is 0. The first-order chi connectivity index (χ1) is 1.91. The van der Waals surface area contributed by atoms with E-state index in [0.717, 1.165) is 6.42 Å². The zero-order chi connectivity index (χ0) is 3.41. The van der Waals surface area contributed by atoms with E-state index < -0.39 is 0 Å². The maximum Gasteiger partial charge on any atom is 0.0800 e. The van der Waals surface area contributed by atoms with Gasteiger partial charge < -0.3 is 0 Å². The quantitative estimate of drug-likeness (QED) is 0.409. The van der Waals surface area contributed by atoms with Gasteiger partial charge in [-0.25, -0.2) is 0 Å². The molecule has 0 fully saturated rings. The molecule has 0 N–H and O–H groups in total. The summed E-state index contributed by atoms with van der Waals surface area (Å²) in [7, 11) is 2.53. The van der Waals surface area contributed by atoms with Gasteiger partial charge in [0.25, 0.3) is 0 Å². The Labute approximate surface area is 29.1 Å². The molecule has 0 nitrogen and oxygen atoms in total. The van der Waals surface area contributed by atoms with Crippen LogP contribution in [0.4, 0.5) is 0 Å². The van der Waals surface area contributed by atoms with Crippen LogP contribution in [0, 0.1) is 0 Å². The predicted molar refractivity (Wildman–Crippen MR) is 26.1 cm³/mol. The highest BCUT2D eigenvalue weighted by atomic mass is 31.0. The molecule has 0 aliphatic heterocycles. The minimum Gasteiger partial charge on any atom is -0.0583 e. The molecule has 0 spiro atoms. The Bertz CT molecular complexity index is 17.2. The fourth-order valence-electron chi connectivity index (χ4n) is 0. The van der Waals surface area contributed by atoms with E-state index in [-0.39, 0.29) is 0 Å². The van der Waals surface area contributed by atoms with Gasteiger partial charge in [-0.05, 0) is 0 Å². The van der Waals surface area contributed by atoms with E-state index in [1.54, 1.807) is 0 Å². The van der Waals surface area contributed by atoms with Crippen LogP contribution in [0.5, 0.6) is 0 Å². The predicted octanol–water partition coefficient (Wildman–Crippen LogP) is 1.07. The summed E-state index contributed by atoms with van der Waals surface area (Å²) in [4.78, 5) is 0. The lowest BCUT2D eigenvalue weighted by Crippen LogP contribution is -1.48. The van der Waals surface area contributed by atoms with Gasteiger partial charge in [-0.3, -0.25) is 0 Å². The molecule has 4 heavy (non-hydrogen) atoms. The minimum absolute atomic E-state index is 1.16. The lowest BCUT2D eigenvalue weighted by Gasteiger charge is -1.49. The van der Waals surface area contributed by atoms with E-state index in [4.69, 9.17) is 0 Å². The van der Waals surface area contributed by atoms with Gasteiger partial charge in [-0.15, -0.1) is 0 Å². The van der Waals surface area contributed by atoms with Crippen LogP contribution in [0.1, 0.15) is 13.3 Å². The molecular weight excluding hydrogens is 67.0 g/mol. The van der Waals surface area contributed by atoms with Crippen molar-refractivity contribution in [1.82, 2.24) is 0 Å². The van der Waals surface area contributed by atoms with E-state index in [1.807, 2.05) is 5.80 Å². The molecule has 0 aliphatic rings. The fourth-order valence-corrected chi connectivity index (χ4v) is 0. The topological polar surface area (TPSA) is 0 Å². The van der Waals surface area contributed by atoms with Crippen LogP contribution in [0.3, 0.4) is 0 Å². The van der Waals surface area contributed by atoms with Crippen molar-refractivity contribution >= 4 is 14.7 Å². The van der Waals surface area contributed by atoms with Crippen LogP contribution in [-0.2, 0) is 0 Å². The zero-order valence-corrected chi connectivity index (χ0v) is 4.02. The maximum atomic E-state index is 2.53. The summed E-state index contributed by atoms with van der Waals surface area (Å²) in [6, 6.07) is 0. The van der Waals surface area contributed by atoms with Crippen LogP contribution in [0.15, 0.2) is 0 Å². The summed E-state index contributed by atoms with van der Waals surface area (Å²) in [6.45, 7) is 2.10. The third-order valence-corrected chi connectivity index (χ3v) is 0.707. The Morgan fingerprint density at radius 1 is 2.00 bits per heavy atom. The lowest BCUT2D eigenvalue weighted by atomic mass is 10.6. The van der Waals surface area contributed by atoms with E-state index in [2.05, 4.69) is 15.8 Å². The van der Waals surface area contributed by atoms with Crippen molar-refractivity contribution in [2.45, 2.75) is 13.3 Å². The van der Waals surface area contributed by atoms with Crippen LogP contribution in [-0.4, -0.2) is 5.80 Å². The smallest absolute Gasteiger partial charge is 0.0583 e. The summed E-state index contributed by atoms with van der Waals surface area (Å²) in [5.41, 5.74) is 0. The molecule has 0 saturated carbocycles. The van der Waals surface area contributed by atoms with Crippen LogP contribution in [0.2, 0.25) is 0 Å². The van der Waals surface area contributed by atoms with Gasteiger partial charge in [0.15, 0.2) is 0 Å². The Kier molecular flexibility index (Phi) is 3.30. The average molecular weight is 75.1 g/mol. The van der Waals surface area contributed by atoms with Crippen LogP contribution in [0.25, 0.3) is 0 Å². The van der Waals surface area contributed by atoms with Crippen LogP contribution >= 0.6 is 8.86 Å². The molecule has 0 aliphatic carbocycles. The first-order valence-electron chi connectivity index (χ1n) is 1.45. The zero-order valence-electron chi connectivity index (χ0n) is 2.86. The van der Waals surface area contributed by atoms with Gasteiger partial charge >= 0.3 is 0 Å². The van der Waals surface area contributed by atoms with Gasteiger partial charge in [0.2, 0.25) is 0 Å². The maximum absolute atomic E-state index is 2.53. The summed E-state index contributed by atoms with van der Waals surface area (Å²) < 4.78 is 0. The van der Waals surface area contributed by atoms with Crippen molar-refractivity contribution in [3.63, 3.8) is 0 Å². The Hall–Kier alpha value is 0.170. The molecule has 0 heterocycles. The number of rotatable bonds is 1. The first kappa shape index (κ1) is 4.17. The van der Waals surface area contributed by atoms with Crippen molar-refractivity contribution in [3.05, 3.63) is 0 Å². The van der Waals surface area contributed by atoms with Crippen LogP contribution < -0.4 is 0 Å². The molecule has 0 aromatic heterocycles. The Balaban J connectivity index is 2.30. The van der Waals surface area contributed by atoms with E-state index >= 15 is 0 Å². The molecule has 0 bridgehead atoms. The largest absolute Gasteiger partial charge is 0.0800 e. The molecule has 0 aromatic carbocycles. The number of hydrogen-bond donors (Lipinski definition) is 0. The standard InChI is InChI=1S/C3H7P/c1-2-3-4/h3-4H,2H2,1H3/p+1. The third kappa shape index (κ3) is 2.17. The van der Waals surface area contributed by atoms with Gasteiger partial charge in [0.05, 0.1) is 14.7 Å². The van der Waals surface area contributed by atoms with E-state index in [1.165, 1.54) is 0 Å². The summed E-state index contributed by atoms with van der Waals surface area (Å²) in [6.07, 6.45) is 1.16. The SMILES string of the molecule is CCC=[PH2+]. The molecule has 1 unspecified atom stereocenters. The lowest BCUT2D eigenvalue weighted by molar-refractivity contribution is 1.35. The molecule has 0 saturated heterocycles. The van der Waals surface area contributed by atoms with Gasteiger partial charge in [0.1, 0.15) is 0 Å². The summed E-state index contributed by atoms with van der Waals surface area (Å²) in [5.74, 6) is 2.04. The molecule has 0 radical (unpaired) electrons. The average Bonchev–Trinajstić information content (AvgIpc) is 1.37. The second kappa shape index (κ2) is 3.17. The van der Waals surface area contributed by atoms with Gasteiger partial charge in [-0.1, -0.05) is 6.92 Å². The van der Waals surface area contributed by atoms with Gasteiger partial charge in [-0.2, -0.15) is 0 Å². The highest BCUT2D eigenvalue weighted by Crippen LogP contribution is 1.62. The monoisotopic (exact) mass is 75.0 g/mol. The summed E-state index contributed by atoms with van der Waals surface area (Å²) >= 11 is 0. The van der Waals surface area contributed by atoms with Crippen molar-refractivity contribution in [1.29, 1.82) is 0 Å². The first-order valence-corrected chi connectivity index (χ1v) is 2.12. The second-order valence-electron chi connectivity index (χ2n) is 0.644. The van der Waals surface area contributed by atoms with Crippen molar-refractivity contribution < 1.29 is 0 Å².